The molecule has 0 amide bonds. The Labute approximate surface area is 137 Å². The minimum Gasteiger partial charge on any atom is -0.378 e. The van der Waals surface area contributed by atoms with Gasteiger partial charge in [0.1, 0.15) is 12.1 Å². The molecule has 0 unspecified atom stereocenters. The van der Waals surface area contributed by atoms with Crippen molar-refractivity contribution >= 4 is 11.6 Å². The number of methoxy groups -OCH3 is 1. The summed E-state index contributed by atoms with van der Waals surface area (Å²) in [6.45, 7) is 6.10. The molecule has 0 bridgehead atoms. The molecule has 6 nitrogen and oxygen atoms in total. The molecule has 1 fully saturated rings. The molecule has 2 heterocycles. The molecule has 9 heteroatoms. The standard InChI is InChI=1S/C15H20F3N5O/c1-13(2)10(7-14(13,3)24-5)22(4)11-6-9(15(16,17)18)21-12-19-8-20-23(11)12/h6,8,10H,7H2,1-5H3/t10-,14+/m0/s1. The second-order valence-corrected chi connectivity index (χ2v) is 6.96. The quantitative estimate of drug-likeness (QED) is 0.858. The number of hydrogen-bond acceptors (Lipinski definition) is 5. The second-order valence-electron chi connectivity index (χ2n) is 6.96. The highest BCUT2D eigenvalue weighted by Crippen LogP contribution is 2.54. The van der Waals surface area contributed by atoms with Gasteiger partial charge in [-0.05, 0) is 13.3 Å². The number of aromatic nitrogens is 4. The summed E-state index contributed by atoms with van der Waals surface area (Å²) in [6.07, 6.45) is -2.64. The Balaban J connectivity index is 2.05. The van der Waals surface area contributed by atoms with E-state index in [1.54, 1.807) is 19.1 Å². The first-order chi connectivity index (χ1) is 11.0. The summed E-state index contributed by atoms with van der Waals surface area (Å²) in [5.41, 5.74) is -1.55. The third-order valence-corrected chi connectivity index (χ3v) is 5.58. The largest absolute Gasteiger partial charge is 0.433 e. The van der Waals surface area contributed by atoms with Crippen LogP contribution in [-0.4, -0.2) is 45.4 Å². The molecule has 132 valence electrons. The molecule has 0 spiro atoms. The summed E-state index contributed by atoms with van der Waals surface area (Å²) in [4.78, 5) is 9.16. The van der Waals surface area contributed by atoms with Crippen LogP contribution in [0.2, 0.25) is 0 Å². The molecule has 0 aromatic carbocycles. The van der Waals surface area contributed by atoms with E-state index in [9.17, 15) is 13.2 Å². The first-order valence-corrected chi connectivity index (χ1v) is 7.57. The zero-order chi connectivity index (χ0) is 17.9. The van der Waals surface area contributed by atoms with Crippen molar-refractivity contribution in [2.75, 3.05) is 19.1 Å². The van der Waals surface area contributed by atoms with Gasteiger partial charge >= 0.3 is 6.18 Å². The molecular weight excluding hydrogens is 323 g/mol. The Morgan fingerprint density at radius 1 is 1.33 bits per heavy atom. The van der Waals surface area contributed by atoms with Gasteiger partial charge in [0.05, 0.1) is 5.60 Å². The van der Waals surface area contributed by atoms with E-state index in [0.717, 1.165) is 6.07 Å². The van der Waals surface area contributed by atoms with Crippen LogP contribution in [0.4, 0.5) is 19.0 Å². The minimum atomic E-state index is -4.54. The second kappa shape index (κ2) is 5.05. The van der Waals surface area contributed by atoms with Crippen molar-refractivity contribution in [3.8, 4) is 0 Å². The van der Waals surface area contributed by atoms with Crippen LogP contribution in [0.1, 0.15) is 32.9 Å². The van der Waals surface area contributed by atoms with Gasteiger partial charge < -0.3 is 9.64 Å². The Morgan fingerprint density at radius 2 is 2.00 bits per heavy atom. The fourth-order valence-electron chi connectivity index (χ4n) is 3.43. The van der Waals surface area contributed by atoms with E-state index in [1.165, 1.54) is 10.8 Å². The van der Waals surface area contributed by atoms with Crippen LogP contribution in [-0.2, 0) is 10.9 Å². The lowest BCUT2D eigenvalue weighted by Crippen LogP contribution is -2.68. The van der Waals surface area contributed by atoms with Gasteiger partial charge in [-0.2, -0.15) is 27.8 Å². The molecular formula is C15H20F3N5O. The maximum absolute atomic E-state index is 13.1. The van der Waals surface area contributed by atoms with Gasteiger partial charge in [0, 0.05) is 31.7 Å². The van der Waals surface area contributed by atoms with E-state index < -0.39 is 11.9 Å². The average molecular weight is 343 g/mol. The van der Waals surface area contributed by atoms with Gasteiger partial charge in [-0.15, -0.1) is 0 Å². The molecule has 24 heavy (non-hydrogen) atoms. The van der Waals surface area contributed by atoms with Crippen molar-refractivity contribution < 1.29 is 17.9 Å². The van der Waals surface area contributed by atoms with Crippen LogP contribution in [0, 0.1) is 5.41 Å². The van der Waals surface area contributed by atoms with Crippen LogP contribution < -0.4 is 4.90 Å². The number of ether oxygens (including phenoxy) is 1. The molecule has 1 saturated carbocycles. The lowest BCUT2D eigenvalue weighted by atomic mass is 9.55. The molecule has 0 saturated heterocycles. The van der Waals surface area contributed by atoms with Gasteiger partial charge in [-0.1, -0.05) is 13.8 Å². The SMILES string of the molecule is CO[C@]1(C)C[C@H](N(C)c2cc(C(F)(F)F)nc3ncnn23)C1(C)C. The van der Waals surface area contributed by atoms with Crippen molar-refractivity contribution in [3.63, 3.8) is 0 Å². The maximum atomic E-state index is 13.1. The van der Waals surface area contributed by atoms with E-state index in [2.05, 4.69) is 15.1 Å². The number of anilines is 1. The average Bonchev–Trinajstić information content (AvgIpc) is 2.98. The van der Waals surface area contributed by atoms with Crippen molar-refractivity contribution in [1.29, 1.82) is 0 Å². The van der Waals surface area contributed by atoms with Crippen molar-refractivity contribution in [2.45, 2.75) is 45.0 Å². The van der Waals surface area contributed by atoms with E-state index in [0.29, 0.717) is 12.2 Å². The summed E-state index contributed by atoms with van der Waals surface area (Å²) < 4.78 is 46.3. The van der Waals surface area contributed by atoms with E-state index >= 15 is 0 Å². The smallest absolute Gasteiger partial charge is 0.378 e. The van der Waals surface area contributed by atoms with E-state index in [1.807, 2.05) is 20.8 Å². The van der Waals surface area contributed by atoms with Gasteiger partial charge in [-0.3, -0.25) is 0 Å². The highest BCUT2D eigenvalue weighted by molar-refractivity contribution is 5.49. The molecule has 0 N–H and O–H groups in total. The molecule has 1 aliphatic carbocycles. The molecule has 0 aliphatic heterocycles. The number of hydrogen-bond donors (Lipinski definition) is 0. The Morgan fingerprint density at radius 3 is 2.54 bits per heavy atom. The topological polar surface area (TPSA) is 55.5 Å². The van der Waals surface area contributed by atoms with Crippen molar-refractivity contribution in [2.24, 2.45) is 5.41 Å². The Bertz CT molecular complexity index is 772. The molecule has 0 radical (unpaired) electrons. The van der Waals surface area contributed by atoms with Crippen LogP contribution in [0.5, 0.6) is 0 Å². The van der Waals surface area contributed by atoms with Crippen molar-refractivity contribution in [3.05, 3.63) is 18.1 Å². The number of rotatable bonds is 3. The first kappa shape index (κ1) is 16.9. The first-order valence-electron chi connectivity index (χ1n) is 7.57. The number of alkyl halides is 3. The van der Waals surface area contributed by atoms with Crippen molar-refractivity contribution in [1.82, 2.24) is 19.6 Å². The zero-order valence-corrected chi connectivity index (χ0v) is 14.2. The van der Waals surface area contributed by atoms with Gasteiger partial charge in [0.15, 0.2) is 5.69 Å². The lowest BCUT2D eigenvalue weighted by molar-refractivity contribution is -0.172. The normalized spacial score (nSPS) is 26.4. The summed E-state index contributed by atoms with van der Waals surface area (Å²) >= 11 is 0. The predicted octanol–water partition coefficient (Wildman–Crippen LogP) is 2.78. The third-order valence-electron chi connectivity index (χ3n) is 5.58. The number of nitrogens with zero attached hydrogens (tertiary/aromatic N) is 5. The summed E-state index contributed by atoms with van der Waals surface area (Å²) in [7, 11) is 3.42. The highest BCUT2D eigenvalue weighted by atomic mass is 19.4. The van der Waals surface area contributed by atoms with Crippen LogP contribution in [0.15, 0.2) is 12.4 Å². The Hall–Kier alpha value is -1.90. The maximum Gasteiger partial charge on any atom is 0.433 e. The molecule has 2 aromatic heterocycles. The minimum absolute atomic E-state index is 0.00154. The van der Waals surface area contributed by atoms with E-state index in [-0.39, 0.29) is 22.8 Å². The van der Waals surface area contributed by atoms with Crippen LogP contribution in [0.25, 0.3) is 5.78 Å². The molecule has 2 atom stereocenters. The van der Waals surface area contributed by atoms with Gasteiger partial charge in [0.2, 0.25) is 0 Å². The van der Waals surface area contributed by atoms with Gasteiger partial charge in [-0.25, -0.2) is 4.98 Å². The summed E-state index contributed by atoms with van der Waals surface area (Å²) in [5.74, 6) is 0.236. The summed E-state index contributed by atoms with van der Waals surface area (Å²) in [5, 5.41) is 4.01. The lowest BCUT2D eigenvalue weighted by Gasteiger charge is -2.61. The fraction of sp³-hybridized carbons (Fsp3) is 0.667. The monoisotopic (exact) mass is 343 g/mol. The third kappa shape index (κ3) is 2.25. The van der Waals surface area contributed by atoms with Gasteiger partial charge in [0.25, 0.3) is 5.78 Å². The number of fused-ring (bicyclic) bond motifs is 1. The van der Waals surface area contributed by atoms with Crippen LogP contribution >= 0.6 is 0 Å². The fourth-order valence-corrected chi connectivity index (χ4v) is 3.43. The molecule has 2 aromatic rings. The zero-order valence-electron chi connectivity index (χ0n) is 14.2. The van der Waals surface area contributed by atoms with E-state index in [4.69, 9.17) is 4.74 Å². The summed E-state index contributed by atoms with van der Waals surface area (Å²) in [6, 6.07) is 1.01. The predicted molar refractivity (Wildman–Crippen MR) is 81.8 cm³/mol. The number of halogens is 3. The molecule has 1 aliphatic rings. The van der Waals surface area contributed by atoms with Crippen LogP contribution in [0.3, 0.4) is 0 Å². The molecule has 3 rings (SSSR count). The Kier molecular flexibility index (Phi) is 3.56. The highest BCUT2D eigenvalue weighted by Gasteiger charge is 2.59.